The molecule has 39 heavy (non-hydrogen) atoms. The van der Waals surface area contributed by atoms with Crippen LogP contribution in [0.1, 0.15) is 31.2 Å². The highest BCUT2D eigenvalue weighted by atomic mass is 127. The van der Waals surface area contributed by atoms with Crippen LogP contribution in [0.5, 0.6) is 11.5 Å². The van der Waals surface area contributed by atoms with Crippen molar-refractivity contribution in [3.05, 3.63) is 32.9 Å². The fraction of sp³-hybridized carbons (Fsp3) is 0.630. The number of aliphatic hydroxyl groups excluding tert-OH is 3. The Hall–Kier alpha value is -1.97. The molecule has 216 valence electrons. The minimum atomic E-state index is -1.16. The summed E-state index contributed by atoms with van der Waals surface area (Å²) in [6.07, 6.45) is 1.67. The van der Waals surface area contributed by atoms with Crippen LogP contribution in [0.4, 0.5) is 0 Å². The number of hydrogen-bond donors (Lipinski definition) is 4. The monoisotopic (exact) mass is 660 g/mol. The van der Waals surface area contributed by atoms with Crippen LogP contribution in [0.3, 0.4) is 0 Å². The third-order valence-electron chi connectivity index (χ3n) is 7.33. The number of amides is 2. The van der Waals surface area contributed by atoms with Gasteiger partial charge in [0.1, 0.15) is 12.2 Å². The van der Waals surface area contributed by atoms with E-state index in [0.717, 1.165) is 12.8 Å². The largest absolute Gasteiger partial charge is 0.493 e. The van der Waals surface area contributed by atoms with Gasteiger partial charge in [-0.15, -0.1) is 0 Å². The highest BCUT2D eigenvalue weighted by molar-refractivity contribution is 14.1. The van der Waals surface area contributed by atoms with Crippen molar-refractivity contribution >= 4 is 34.4 Å². The van der Waals surface area contributed by atoms with Crippen molar-refractivity contribution in [3.63, 3.8) is 0 Å². The number of benzene rings is 1. The summed E-state index contributed by atoms with van der Waals surface area (Å²) >= 11 is 2.07. The molecule has 12 heteroatoms. The topological polar surface area (TPSA) is 147 Å². The van der Waals surface area contributed by atoms with Crippen molar-refractivity contribution in [1.82, 2.24) is 10.2 Å². The third kappa shape index (κ3) is 7.22. The van der Waals surface area contributed by atoms with Crippen LogP contribution in [0.2, 0.25) is 0 Å². The molecule has 11 nitrogen and oxygen atoms in total. The van der Waals surface area contributed by atoms with Gasteiger partial charge in [-0.05, 0) is 65.6 Å². The summed E-state index contributed by atoms with van der Waals surface area (Å²) in [5.74, 6) is -0.145. The Balaban J connectivity index is 1.68. The number of halogens is 1. The summed E-state index contributed by atoms with van der Waals surface area (Å²) in [5, 5.41) is 33.1. The first-order valence-electron chi connectivity index (χ1n) is 13.3. The molecule has 1 aromatic carbocycles. The minimum Gasteiger partial charge on any atom is -0.493 e. The van der Waals surface area contributed by atoms with E-state index in [4.69, 9.17) is 18.9 Å². The Labute approximate surface area is 241 Å². The van der Waals surface area contributed by atoms with E-state index < -0.39 is 24.2 Å². The number of carbonyl (C=O) groups is 2. The molecule has 2 saturated heterocycles. The summed E-state index contributed by atoms with van der Waals surface area (Å²) in [7, 11) is 1.48. The van der Waals surface area contributed by atoms with Crippen LogP contribution in [0, 0.1) is 9.49 Å². The fourth-order valence-corrected chi connectivity index (χ4v) is 6.05. The van der Waals surface area contributed by atoms with E-state index in [1.165, 1.54) is 7.11 Å². The van der Waals surface area contributed by atoms with E-state index in [1.807, 2.05) is 0 Å². The molecule has 2 amide bonds. The maximum Gasteiger partial charge on any atom is 0.247 e. The van der Waals surface area contributed by atoms with Crippen molar-refractivity contribution in [2.24, 2.45) is 5.92 Å². The van der Waals surface area contributed by atoms with Gasteiger partial charge in [0, 0.05) is 38.3 Å². The smallest absolute Gasteiger partial charge is 0.247 e. The second kappa shape index (κ2) is 14.1. The van der Waals surface area contributed by atoms with Gasteiger partial charge in [0.25, 0.3) is 0 Å². The lowest BCUT2D eigenvalue weighted by molar-refractivity contribution is -0.145. The Morgan fingerprint density at radius 1 is 1.23 bits per heavy atom. The van der Waals surface area contributed by atoms with E-state index in [2.05, 4.69) is 27.9 Å². The van der Waals surface area contributed by atoms with E-state index in [1.54, 1.807) is 23.1 Å². The van der Waals surface area contributed by atoms with Crippen LogP contribution < -0.4 is 14.8 Å². The molecule has 5 atom stereocenters. The van der Waals surface area contributed by atoms with Gasteiger partial charge < -0.3 is 44.5 Å². The quantitative estimate of drug-likeness (QED) is 0.253. The van der Waals surface area contributed by atoms with Crippen LogP contribution >= 0.6 is 22.6 Å². The molecule has 1 unspecified atom stereocenters. The molecule has 2 heterocycles. The van der Waals surface area contributed by atoms with Crippen LogP contribution in [-0.4, -0.2) is 103 Å². The maximum atomic E-state index is 13.8. The van der Waals surface area contributed by atoms with Crippen LogP contribution in [-0.2, 0) is 25.7 Å². The molecule has 0 radical (unpaired) electrons. The zero-order valence-corrected chi connectivity index (χ0v) is 24.2. The number of carbonyl (C=O) groups excluding carboxylic acids is 2. The van der Waals surface area contributed by atoms with Crippen molar-refractivity contribution in [2.75, 3.05) is 46.6 Å². The Kier molecular flexibility index (Phi) is 10.8. The number of rotatable bonds is 11. The molecule has 1 aliphatic carbocycles. The van der Waals surface area contributed by atoms with Gasteiger partial charge in [0.05, 0.1) is 48.6 Å². The van der Waals surface area contributed by atoms with E-state index in [9.17, 15) is 24.9 Å². The molecule has 2 fully saturated rings. The van der Waals surface area contributed by atoms with Gasteiger partial charge in [0.2, 0.25) is 11.8 Å². The van der Waals surface area contributed by atoms with Gasteiger partial charge in [-0.1, -0.05) is 0 Å². The standard InChI is InChI=1S/C27H37IN2O9/c1-36-23-10-16(14-32)9-20(28)25(23)39-22-12-18(26(34)29-5-6-31)11-21(24(22)33)30(13-19-3-2-7-38-19)27(35)17-4-8-37-15-17/h9-10,12,17,19,21-22,24,31-33H,2-8,11,13-15H2,1H3,(H,29,34)/t17?,19-,21-,22+,24+/m1/s1. The van der Waals surface area contributed by atoms with E-state index in [-0.39, 0.29) is 44.1 Å². The lowest BCUT2D eigenvalue weighted by Crippen LogP contribution is -2.57. The van der Waals surface area contributed by atoms with Gasteiger partial charge in [-0.25, -0.2) is 0 Å². The molecule has 3 aliphatic rings. The predicted octanol–water partition coefficient (Wildman–Crippen LogP) is 0.752. The summed E-state index contributed by atoms with van der Waals surface area (Å²) in [4.78, 5) is 28.5. The molecule has 4 rings (SSSR count). The molecular weight excluding hydrogens is 623 g/mol. The molecule has 1 aromatic rings. The van der Waals surface area contributed by atoms with Crippen molar-refractivity contribution in [2.45, 2.75) is 56.6 Å². The lowest BCUT2D eigenvalue weighted by Gasteiger charge is -2.42. The number of aliphatic hydroxyl groups is 3. The Morgan fingerprint density at radius 2 is 2.05 bits per heavy atom. The number of nitrogens with zero attached hydrogens (tertiary/aromatic N) is 1. The van der Waals surface area contributed by atoms with Crippen LogP contribution in [0.15, 0.2) is 23.8 Å². The van der Waals surface area contributed by atoms with Crippen molar-refractivity contribution in [1.29, 1.82) is 0 Å². The second-order valence-electron chi connectivity index (χ2n) is 9.97. The normalized spacial score (nSPS) is 26.7. The fourth-order valence-electron chi connectivity index (χ4n) is 5.25. The third-order valence-corrected chi connectivity index (χ3v) is 8.13. The molecule has 0 aromatic heterocycles. The van der Waals surface area contributed by atoms with Crippen LogP contribution in [0.25, 0.3) is 0 Å². The zero-order chi connectivity index (χ0) is 27.9. The Bertz CT molecular complexity index is 1040. The highest BCUT2D eigenvalue weighted by Crippen LogP contribution is 2.37. The van der Waals surface area contributed by atoms with Gasteiger partial charge in [0.15, 0.2) is 11.5 Å². The number of methoxy groups -OCH3 is 1. The average molecular weight is 661 g/mol. The Morgan fingerprint density at radius 3 is 2.69 bits per heavy atom. The van der Waals surface area contributed by atoms with Crippen molar-refractivity contribution < 1.29 is 43.9 Å². The second-order valence-corrected chi connectivity index (χ2v) is 11.1. The van der Waals surface area contributed by atoms with E-state index in [0.29, 0.717) is 59.0 Å². The number of ether oxygens (including phenoxy) is 4. The summed E-state index contributed by atoms with van der Waals surface area (Å²) in [6, 6.07) is 2.64. The SMILES string of the molecule is COc1cc(CO)cc(I)c1O[C@H]1C=C(C(=O)NCCO)C[C@@H](N(C[C@H]2CCCO2)C(=O)C2CCOC2)[C@@H]1O. The van der Waals surface area contributed by atoms with Gasteiger partial charge in [-0.3, -0.25) is 9.59 Å². The molecule has 0 saturated carbocycles. The highest BCUT2D eigenvalue weighted by Gasteiger charge is 2.43. The molecule has 2 aliphatic heterocycles. The van der Waals surface area contributed by atoms with Crippen molar-refractivity contribution in [3.8, 4) is 11.5 Å². The molecule has 0 spiro atoms. The number of hydrogen-bond acceptors (Lipinski definition) is 9. The van der Waals surface area contributed by atoms with E-state index >= 15 is 0 Å². The lowest BCUT2D eigenvalue weighted by atomic mass is 9.87. The zero-order valence-electron chi connectivity index (χ0n) is 22.0. The average Bonchev–Trinajstić information content (AvgIpc) is 3.67. The molecule has 4 N–H and O–H groups in total. The molecule has 0 bridgehead atoms. The van der Waals surface area contributed by atoms with Gasteiger partial charge in [-0.2, -0.15) is 0 Å². The first-order valence-corrected chi connectivity index (χ1v) is 14.4. The minimum absolute atomic E-state index is 0.0707. The number of nitrogens with one attached hydrogen (secondary N) is 1. The van der Waals surface area contributed by atoms with Gasteiger partial charge >= 0.3 is 0 Å². The summed E-state index contributed by atoms with van der Waals surface area (Å²) < 4.78 is 23.8. The maximum absolute atomic E-state index is 13.8. The molecular formula is C27H37IN2O9. The first kappa shape index (κ1) is 30.0. The summed E-state index contributed by atoms with van der Waals surface area (Å²) in [6.45, 7) is 1.40. The first-order chi connectivity index (χ1) is 18.9. The summed E-state index contributed by atoms with van der Waals surface area (Å²) in [5.41, 5.74) is 0.981. The predicted molar refractivity (Wildman–Crippen MR) is 148 cm³/mol.